The Labute approximate surface area is 123 Å². The minimum absolute atomic E-state index is 0.669. The molecule has 0 aromatic carbocycles. The molecule has 2 saturated carbocycles. The maximum Gasteiger partial charge on any atom is 0.0762 e. The van der Waals surface area contributed by atoms with Crippen LogP contribution in [0.4, 0.5) is 0 Å². The zero-order valence-electron chi connectivity index (χ0n) is 12.9. The fourth-order valence-corrected chi connectivity index (χ4v) is 3.94. The highest BCUT2D eigenvalue weighted by Crippen LogP contribution is 2.29. The normalized spacial score (nSPS) is 28.1. The lowest BCUT2D eigenvalue weighted by atomic mass is 9.84. The maximum atomic E-state index is 4.77. The molecule has 3 nitrogen and oxygen atoms in total. The summed E-state index contributed by atoms with van der Waals surface area (Å²) in [6, 6.07) is 3.58. The van der Waals surface area contributed by atoms with E-state index in [4.69, 9.17) is 5.10 Å². The van der Waals surface area contributed by atoms with Crippen molar-refractivity contribution in [3.63, 3.8) is 0 Å². The van der Waals surface area contributed by atoms with Crippen molar-refractivity contribution in [1.29, 1.82) is 0 Å². The van der Waals surface area contributed by atoms with Crippen molar-refractivity contribution in [2.45, 2.75) is 83.3 Å². The van der Waals surface area contributed by atoms with Crippen molar-refractivity contribution in [1.82, 2.24) is 15.1 Å². The van der Waals surface area contributed by atoms with Gasteiger partial charge in [0.05, 0.1) is 11.7 Å². The topological polar surface area (TPSA) is 29.9 Å². The average Bonchev–Trinajstić information content (AvgIpc) is 3.16. The molecule has 3 rings (SSSR count). The highest BCUT2D eigenvalue weighted by Gasteiger charge is 2.21. The molecule has 2 atom stereocenters. The number of aromatic nitrogens is 2. The van der Waals surface area contributed by atoms with Crippen molar-refractivity contribution in [3.05, 3.63) is 18.0 Å². The molecule has 2 aliphatic carbocycles. The van der Waals surface area contributed by atoms with E-state index in [-0.39, 0.29) is 0 Å². The molecule has 3 heteroatoms. The van der Waals surface area contributed by atoms with Gasteiger partial charge in [0, 0.05) is 18.8 Å². The molecule has 0 aliphatic heterocycles. The molecular formula is C17H29N3. The van der Waals surface area contributed by atoms with E-state index in [0.29, 0.717) is 12.1 Å². The molecule has 0 radical (unpaired) electrons. The van der Waals surface area contributed by atoms with E-state index in [1.54, 1.807) is 0 Å². The first-order chi connectivity index (χ1) is 9.85. The van der Waals surface area contributed by atoms with E-state index in [2.05, 4.69) is 29.2 Å². The Bertz CT molecular complexity index is 406. The number of nitrogens with one attached hydrogen (secondary N) is 1. The quantitative estimate of drug-likeness (QED) is 0.878. The van der Waals surface area contributed by atoms with Crippen LogP contribution in [0.15, 0.2) is 12.3 Å². The van der Waals surface area contributed by atoms with Crippen molar-refractivity contribution >= 4 is 0 Å². The second kappa shape index (κ2) is 6.75. The molecule has 1 N–H and O–H groups in total. The second-order valence-electron chi connectivity index (χ2n) is 6.74. The Morgan fingerprint density at radius 2 is 2.05 bits per heavy atom. The van der Waals surface area contributed by atoms with Crippen molar-refractivity contribution < 1.29 is 0 Å². The first kappa shape index (κ1) is 14.1. The van der Waals surface area contributed by atoms with Gasteiger partial charge >= 0.3 is 0 Å². The van der Waals surface area contributed by atoms with Crippen LogP contribution in [0, 0.1) is 5.92 Å². The number of nitrogens with zero attached hydrogens (tertiary/aromatic N) is 2. The van der Waals surface area contributed by atoms with Crippen LogP contribution in [0.5, 0.6) is 0 Å². The summed E-state index contributed by atoms with van der Waals surface area (Å²) in [5.74, 6) is 0.942. The number of hydrogen-bond donors (Lipinski definition) is 1. The molecule has 2 fully saturated rings. The summed E-state index contributed by atoms with van der Waals surface area (Å²) < 4.78 is 2.21. The fourth-order valence-electron chi connectivity index (χ4n) is 3.94. The standard InChI is InChI=1S/C17H29N3/c1-2-14-6-5-7-15(12-14)18-13-16-10-11-20(19-16)17-8-3-4-9-17/h10-11,14-15,17-18H,2-9,12-13H2,1H3. The van der Waals surface area contributed by atoms with Crippen LogP contribution < -0.4 is 5.32 Å². The van der Waals surface area contributed by atoms with Crippen molar-refractivity contribution in [2.24, 2.45) is 5.92 Å². The predicted octanol–water partition coefficient (Wildman–Crippen LogP) is 4.06. The third-order valence-corrected chi connectivity index (χ3v) is 5.29. The van der Waals surface area contributed by atoms with Gasteiger partial charge in [0.1, 0.15) is 0 Å². The van der Waals surface area contributed by atoms with Gasteiger partial charge in [-0.05, 0) is 37.7 Å². The van der Waals surface area contributed by atoms with Crippen LogP contribution in [0.1, 0.15) is 76.4 Å². The van der Waals surface area contributed by atoms with Gasteiger partial charge in [-0.15, -0.1) is 0 Å². The molecule has 2 unspecified atom stereocenters. The third-order valence-electron chi connectivity index (χ3n) is 5.29. The zero-order valence-corrected chi connectivity index (χ0v) is 12.9. The van der Waals surface area contributed by atoms with E-state index in [9.17, 15) is 0 Å². The van der Waals surface area contributed by atoms with Gasteiger partial charge in [-0.2, -0.15) is 5.10 Å². The van der Waals surface area contributed by atoms with Gasteiger partial charge in [0.15, 0.2) is 0 Å². The van der Waals surface area contributed by atoms with E-state index < -0.39 is 0 Å². The Hall–Kier alpha value is -0.830. The summed E-state index contributed by atoms with van der Waals surface area (Å²) in [5, 5.41) is 8.50. The molecule has 2 aliphatic rings. The molecule has 1 aromatic heterocycles. The monoisotopic (exact) mass is 275 g/mol. The van der Waals surface area contributed by atoms with Gasteiger partial charge in [0.2, 0.25) is 0 Å². The zero-order chi connectivity index (χ0) is 13.8. The molecule has 0 bridgehead atoms. The molecule has 0 amide bonds. The van der Waals surface area contributed by atoms with Gasteiger partial charge in [-0.3, -0.25) is 4.68 Å². The van der Waals surface area contributed by atoms with Gasteiger partial charge in [0.25, 0.3) is 0 Å². The number of hydrogen-bond acceptors (Lipinski definition) is 2. The number of rotatable bonds is 5. The Balaban J connectivity index is 1.48. The molecule has 112 valence electrons. The summed E-state index contributed by atoms with van der Waals surface area (Å²) in [7, 11) is 0. The van der Waals surface area contributed by atoms with Crippen molar-refractivity contribution in [3.8, 4) is 0 Å². The summed E-state index contributed by atoms with van der Waals surface area (Å²) >= 11 is 0. The Kier molecular flexibility index (Phi) is 4.77. The second-order valence-corrected chi connectivity index (χ2v) is 6.74. The maximum absolute atomic E-state index is 4.77. The molecular weight excluding hydrogens is 246 g/mol. The van der Waals surface area contributed by atoms with E-state index in [1.807, 2.05) is 0 Å². The third kappa shape index (κ3) is 3.43. The van der Waals surface area contributed by atoms with Crippen LogP contribution in [-0.2, 0) is 6.54 Å². The van der Waals surface area contributed by atoms with Crippen LogP contribution in [-0.4, -0.2) is 15.8 Å². The first-order valence-electron chi connectivity index (χ1n) is 8.62. The molecule has 0 saturated heterocycles. The summed E-state index contributed by atoms with van der Waals surface area (Å²) in [6.07, 6.45) is 14.4. The van der Waals surface area contributed by atoms with Crippen LogP contribution in [0.3, 0.4) is 0 Å². The lowest BCUT2D eigenvalue weighted by Gasteiger charge is -2.29. The molecule has 1 aromatic rings. The van der Waals surface area contributed by atoms with Gasteiger partial charge < -0.3 is 5.32 Å². The van der Waals surface area contributed by atoms with E-state index in [0.717, 1.165) is 12.5 Å². The summed E-state index contributed by atoms with van der Waals surface area (Å²) in [4.78, 5) is 0. The lowest BCUT2D eigenvalue weighted by Crippen LogP contribution is -2.33. The smallest absolute Gasteiger partial charge is 0.0762 e. The molecule has 20 heavy (non-hydrogen) atoms. The highest BCUT2D eigenvalue weighted by atomic mass is 15.3. The highest BCUT2D eigenvalue weighted by molar-refractivity contribution is 5.00. The molecule has 1 heterocycles. The SMILES string of the molecule is CCC1CCCC(NCc2ccn(C3CCCC3)n2)C1. The van der Waals surface area contributed by atoms with E-state index >= 15 is 0 Å². The predicted molar refractivity (Wildman–Crippen MR) is 82.6 cm³/mol. The summed E-state index contributed by atoms with van der Waals surface area (Å²) in [6.45, 7) is 3.27. The van der Waals surface area contributed by atoms with Gasteiger partial charge in [-0.1, -0.05) is 39.0 Å². The average molecular weight is 275 g/mol. The van der Waals surface area contributed by atoms with E-state index in [1.165, 1.54) is 63.5 Å². The largest absolute Gasteiger partial charge is 0.308 e. The summed E-state index contributed by atoms with van der Waals surface area (Å²) in [5.41, 5.74) is 1.22. The lowest BCUT2D eigenvalue weighted by molar-refractivity contribution is 0.277. The first-order valence-corrected chi connectivity index (χ1v) is 8.62. The van der Waals surface area contributed by atoms with Gasteiger partial charge in [-0.25, -0.2) is 0 Å². The van der Waals surface area contributed by atoms with Crippen LogP contribution in [0.25, 0.3) is 0 Å². The van der Waals surface area contributed by atoms with Crippen LogP contribution >= 0.6 is 0 Å². The van der Waals surface area contributed by atoms with Crippen molar-refractivity contribution in [2.75, 3.05) is 0 Å². The van der Waals surface area contributed by atoms with Crippen LogP contribution in [0.2, 0.25) is 0 Å². The fraction of sp³-hybridized carbons (Fsp3) is 0.824. The molecule has 0 spiro atoms. The Morgan fingerprint density at radius 1 is 1.20 bits per heavy atom. The minimum Gasteiger partial charge on any atom is -0.308 e. The Morgan fingerprint density at radius 3 is 2.85 bits per heavy atom. The minimum atomic E-state index is 0.669.